The number of aromatic amines is 2. The number of nitrogens with one attached hydrogen (secondary N) is 3. The summed E-state index contributed by atoms with van der Waals surface area (Å²) >= 11 is 0. The van der Waals surface area contributed by atoms with E-state index in [9.17, 15) is 9.18 Å². The number of H-pyrrole nitrogens is 2. The van der Waals surface area contributed by atoms with Crippen LogP contribution in [0.25, 0.3) is 56.1 Å². The van der Waals surface area contributed by atoms with Crippen LogP contribution >= 0.6 is 0 Å². The highest BCUT2D eigenvalue weighted by Crippen LogP contribution is 2.33. The third kappa shape index (κ3) is 5.56. The van der Waals surface area contributed by atoms with Gasteiger partial charge in [-0.2, -0.15) is 5.10 Å². The minimum absolute atomic E-state index is 0.0315. The SMILES string of the molecule is O=C(Nc1cncc(-c2ccc3[nH]nc(-c4nc5c(-c6cc(F)cc(OCCN7CCCC7)c6)nccc5[nH]4)c3n2)c1)C1CCC1. The molecule has 46 heavy (non-hydrogen) atoms. The van der Waals surface area contributed by atoms with E-state index in [0.717, 1.165) is 55.5 Å². The molecule has 0 spiro atoms. The predicted molar refractivity (Wildman–Crippen MR) is 173 cm³/mol. The van der Waals surface area contributed by atoms with Crippen LogP contribution in [0.5, 0.6) is 5.75 Å². The van der Waals surface area contributed by atoms with Gasteiger partial charge in [0.05, 0.1) is 34.3 Å². The topological polar surface area (TPSA) is 138 Å². The second kappa shape index (κ2) is 11.9. The maximum atomic E-state index is 14.8. The summed E-state index contributed by atoms with van der Waals surface area (Å²) in [6.07, 6.45) is 10.4. The van der Waals surface area contributed by atoms with Crippen molar-refractivity contribution in [3.05, 3.63) is 66.9 Å². The average molecular weight is 618 g/mol. The number of likely N-dealkylation sites (tertiary alicyclic amines) is 1. The largest absolute Gasteiger partial charge is 0.492 e. The highest BCUT2D eigenvalue weighted by Gasteiger charge is 2.25. The molecule has 1 amide bonds. The lowest BCUT2D eigenvalue weighted by Gasteiger charge is -2.24. The van der Waals surface area contributed by atoms with Crippen LogP contribution in [0.3, 0.4) is 0 Å². The molecule has 8 rings (SSSR count). The Bertz CT molecular complexity index is 2060. The number of pyridine rings is 3. The minimum Gasteiger partial charge on any atom is -0.492 e. The molecule has 0 radical (unpaired) electrons. The molecule has 5 aromatic heterocycles. The van der Waals surface area contributed by atoms with Crippen molar-refractivity contribution >= 4 is 33.7 Å². The molecular weight excluding hydrogens is 585 g/mol. The molecule has 0 unspecified atom stereocenters. The number of amides is 1. The molecule has 1 aliphatic carbocycles. The van der Waals surface area contributed by atoms with Crippen LogP contribution in [-0.2, 0) is 4.79 Å². The number of carbonyl (C=O) groups is 1. The molecule has 11 nitrogen and oxygen atoms in total. The fraction of sp³-hybridized carbons (Fsp3) is 0.294. The highest BCUT2D eigenvalue weighted by atomic mass is 19.1. The third-order valence-corrected chi connectivity index (χ3v) is 8.83. The van der Waals surface area contributed by atoms with E-state index in [1.807, 2.05) is 24.3 Å². The zero-order chi connectivity index (χ0) is 31.0. The molecule has 0 bridgehead atoms. The maximum Gasteiger partial charge on any atom is 0.227 e. The first-order valence-electron chi connectivity index (χ1n) is 15.7. The fourth-order valence-electron chi connectivity index (χ4n) is 6.13. The zero-order valence-electron chi connectivity index (χ0n) is 25.1. The first-order valence-corrected chi connectivity index (χ1v) is 15.7. The lowest BCUT2D eigenvalue weighted by atomic mass is 9.85. The van der Waals surface area contributed by atoms with E-state index in [-0.39, 0.29) is 11.8 Å². The third-order valence-electron chi connectivity index (χ3n) is 8.83. The molecule has 6 aromatic rings. The summed E-state index contributed by atoms with van der Waals surface area (Å²) in [5.41, 5.74) is 6.39. The molecule has 2 aliphatic rings. The summed E-state index contributed by atoms with van der Waals surface area (Å²) in [6, 6.07) is 12.1. The van der Waals surface area contributed by atoms with Gasteiger partial charge in [-0.25, -0.2) is 14.4 Å². The summed E-state index contributed by atoms with van der Waals surface area (Å²) < 4.78 is 20.7. The number of hydrogen-bond donors (Lipinski definition) is 3. The number of aromatic nitrogens is 7. The standard InChI is InChI=1S/C34H32FN9O2/c35-23-14-21(16-25(17-23)46-13-12-44-10-1-2-11-44)29-30-27(8-9-37-29)40-33(41-30)32-31-28(42-43-32)7-6-26(39-31)22-15-24(19-36-18-22)38-34(45)20-4-3-5-20/h6-9,14-20H,1-5,10-13H2,(H,38,45)(H,40,41)(H,42,43). The first kappa shape index (κ1) is 28.3. The molecular formula is C34H32FN9O2. The minimum atomic E-state index is -0.403. The van der Waals surface area contributed by atoms with Gasteiger partial charge in [0.2, 0.25) is 5.91 Å². The summed E-state index contributed by atoms with van der Waals surface area (Å²) in [7, 11) is 0. The van der Waals surface area contributed by atoms with Crippen LogP contribution in [0.15, 0.2) is 61.1 Å². The predicted octanol–water partition coefficient (Wildman–Crippen LogP) is 5.98. The van der Waals surface area contributed by atoms with Crippen molar-refractivity contribution in [2.24, 2.45) is 5.92 Å². The fourth-order valence-corrected chi connectivity index (χ4v) is 6.13. The van der Waals surface area contributed by atoms with Crippen LogP contribution < -0.4 is 10.1 Å². The van der Waals surface area contributed by atoms with Gasteiger partial charge in [-0.05, 0) is 75.2 Å². The van der Waals surface area contributed by atoms with Crippen LogP contribution in [-0.4, -0.2) is 72.2 Å². The van der Waals surface area contributed by atoms with Gasteiger partial charge >= 0.3 is 0 Å². The Kier molecular flexibility index (Phi) is 7.33. The van der Waals surface area contributed by atoms with Gasteiger partial charge in [-0.1, -0.05) is 6.42 Å². The van der Waals surface area contributed by atoms with Gasteiger partial charge in [0, 0.05) is 42.0 Å². The van der Waals surface area contributed by atoms with Crippen molar-refractivity contribution < 1.29 is 13.9 Å². The molecule has 2 fully saturated rings. The molecule has 3 N–H and O–H groups in total. The summed E-state index contributed by atoms with van der Waals surface area (Å²) in [5.74, 6) is 0.661. The van der Waals surface area contributed by atoms with Gasteiger partial charge < -0.3 is 15.0 Å². The number of anilines is 1. The Morgan fingerprint density at radius 1 is 0.957 bits per heavy atom. The van der Waals surface area contributed by atoms with E-state index < -0.39 is 5.82 Å². The van der Waals surface area contributed by atoms with Crippen molar-refractivity contribution in [2.75, 3.05) is 31.6 Å². The van der Waals surface area contributed by atoms with Gasteiger partial charge in [-0.15, -0.1) is 0 Å². The lowest BCUT2D eigenvalue weighted by molar-refractivity contribution is -0.122. The summed E-state index contributed by atoms with van der Waals surface area (Å²) in [6.45, 7) is 3.47. The number of hydrogen-bond acceptors (Lipinski definition) is 8. The van der Waals surface area contributed by atoms with Gasteiger partial charge in [-0.3, -0.25) is 24.8 Å². The van der Waals surface area contributed by atoms with Crippen molar-refractivity contribution in [1.82, 2.24) is 40.0 Å². The molecule has 1 aliphatic heterocycles. The van der Waals surface area contributed by atoms with E-state index >= 15 is 0 Å². The number of halogens is 1. The first-order chi connectivity index (χ1) is 22.6. The Balaban J connectivity index is 1.09. The smallest absolute Gasteiger partial charge is 0.227 e. The Morgan fingerprint density at radius 2 is 1.83 bits per heavy atom. The highest BCUT2D eigenvalue weighted by molar-refractivity contribution is 5.96. The van der Waals surface area contributed by atoms with E-state index in [1.54, 1.807) is 24.7 Å². The van der Waals surface area contributed by atoms with E-state index in [2.05, 4.69) is 35.4 Å². The number of rotatable bonds is 9. The summed E-state index contributed by atoms with van der Waals surface area (Å²) in [4.78, 5) is 36.9. The van der Waals surface area contributed by atoms with Gasteiger partial charge in [0.25, 0.3) is 0 Å². The van der Waals surface area contributed by atoms with Crippen molar-refractivity contribution in [3.8, 4) is 39.8 Å². The van der Waals surface area contributed by atoms with Crippen molar-refractivity contribution in [2.45, 2.75) is 32.1 Å². The average Bonchev–Trinajstić information content (AvgIpc) is 3.79. The number of benzene rings is 1. The quantitative estimate of drug-likeness (QED) is 0.180. The Morgan fingerprint density at radius 3 is 2.67 bits per heavy atom. The number of imidazole rings is 1. The zero-order valence-corrected chi connectivity index (χ0v) is 25.1. The molecule has 232 valence electrons. The normalized spacial score (nSPS) is 15.4. The van der Waals surface area contributed by atoms with E-state index in [1.165, 1.54) is 25.0 Å². The number of carbonyl (C=O) groups excluding carboxylic acids is 1. The monoisotopic (exact) mass is 617 g/mol. The summed E-state index contributed by atoms with van der Waals surface area (Å²) in [5, 5.41) is 10.6. The molecule has 1 saturated heterocycles. The molecule has 1 aromatic carbocycles. The molecule has 6 heterocycles. The van der Waals surface area contributed by atoms with Crippen molar-refractivity contribution in [1.29, 1.82) is 0 Å². The lowest BCUT2D eigenvalue weighted by Crippen LogP contribution is -2.28. The van der Waals surface area contributed by atoms with Gasteiger partial charge in [0.15, 0.2) is 11.5 Å². The second-order valence-corrected chi connectivity index (χ2v) is 12.0. The number of ether oxygens (including phenoxy) is 1. The van der Waals surface area contributed by atoms with Crippen LogP contribution in [0.4, 0.5) is 10.1 Å². The van der Waals surface area contributed by atoms with Crippen LogP contribution in [0.2, 0.25) is 0 Å². The second-order valence-electron chi connectivity index (χ2n) is 12.0. The molecule has 1 saturated carbocycles. The van der Waals surface area contributed by atoms with Crippen LogP contribution in [0, 0.1) is 11.7 Å². The number of fused-ring (bicyclic) bond motifs is 2. The molecule has 12 heteroatoms. The molecule has 0 atom stereocenters. The van der Waals surface area contributed by atoms with Gasteiger partial charge in [0.1, 0.15) is 29.2 Å². The Labute approximate surface area is 263 Å². The Hall–Kier alpha value is -5.23. The van der Waals surface area contributed by atoms with E-state index in [4.69, 9.17) is 14.7 Å². The van der Waals surface area contributed by atoms with E-state index in [0.29, 0.717) is 57.5 Å². The maximum absolute atomic E-state index is 14.8. The van der Waals surface area contributed by atoms with Crippen molar-refractivity contribution in [3.63, 3.8) is 0 Å². The van der Waals surface area contributed by atoms with Crippen LogP contribution in [0.1, 0.15) is 32.1 Å². The number of nitrogens with zero attached hydrogens (tertiary/aromatic N) is 6.